The molecule has 1 aliphatic rings. The maximum absolute atomic E-state index is 12.5. The van der Waals surface area contributed by atoms with Gasteiger partial charge in [0.25, 0.3) is 5.91 Å². The highest BCUT2D eigenvalue weighted by molar-refractivity contribution is 7.89. The van der Waals surface area contributed by atoms with Crippen LogP contribution in [0.3, 0.4) is 0 Å². The predicted octanol–water partition coefficient (Wildman–Crippen LogP) is 2.48. The lowest BCUT2D eigenvalue weighted by molar-refractivity contribution is 0.0786. The first-order valence-corrected chi connectivity index (χ1v) is 10.8. The average Bonchev–Trinajstić information content (AvgIpc) is 3.33. The molecule has 140 valence electrons. The average molecular weight is 395 g/mol. The zero-order valence-electron chi connectivity index (χ0n) is 14.6. The number of benzene rings is 1. The van der Waals surface area contributed by atoms with E-state index in [-0.39, 0.29) is 23.5 Å². The summed E-state index contributed by atoms with van der Waals surface area (Å²) in [7, 11) is -1.87. The van der Waals surface area contributed by atoms with Crippen LogP contribution in [-0.2, 0) is 21.3 Å². The normalized spacial score (nSPS) is 17.3. The van der Waals surface area contributed by atoms with E-state index in [1.165, 1.54) is 12.1 Å². The van der Waals surface area contributed by atoms with Crippen LogP contribution < -0.4 is 4.72 Å². The Bertz CT molecular complexity index is 827. The number of nitrogens with zero attached hydrogens (tertiary/aromatic N) is 1. The molecule has 1 atom stereocenters. The van der Waals surface area contributed by atoms with Crippen molar-refractivity contribution < 1.29 is 17.9 Å². The van der Waals surface area contributed by atoms with Crippen LogP contribution in [-0.4, -0.2) is 45.5 Å². The van der Waals surface area contributed by atoms with Crippen molar-refractivity contribution in [3.05, 3.63) is 52.2 Å². The molecular weight excluding hydrogens is 372 g/mol. The second-order valence-corrected chi connectivity index (χ2v) is 9.05. The fourth-order valence-corrected chi connectivity index (χ4v) is 4.62. The highest BCUT2D eigenvalue weighted by Crippen LogP contribution is 2.16. The number of amides is 1. The summed E-state index contributed by atoms with van der Waals surface area (Å²) in [6.45, 7) is 1.48. The molecule has 1 amide bonds. The third-order valence-electron chi connectivity index (χ3n) is 4.26. The molecule has 6 nitrogen and oxygen atoms in total. The molecule has 0 spiro atoms. The Labute approximate surface area is 157 Å². The van der Waals surface area contributed by atoms with Crippen LogP contribution >= 0.6 is 11.3 Å². The number of hydrogen-bond acceptors (Lipinski definition) is 5. The Hall–Kier alpha value is -1.74. The molecule has 0 bridgehead atoms. The maximum atomic E-state index is 12.5. The van der Waals surface area contributed by atoms with Gasteiger partial charge >= 0.3 is 0 Å². The summed E-state index contributed by atoms with van der Waals surface area (Å²) < 4.78 is 32.7. The van der Waals surface area contributed by atoms with Crippen LogP contribution in [0.4, 0.5) is 0 Å². The lowest BCUT2D eigenvalue weighted by Crippen LogP contribution is -2.32. The van der Waals surface area contributed by atoms with Crippen molar-refractivity contribution in [2.24, 2.45) is 0 Å². The van der Waals surface area contributed by atoms with Gasteiger partial charge < -0.3 is 9.64 Å². The zero-order chi connectivity index (χ0) is 18.6. The van der Waals surface area contributed by atoms with Gasteiger partial charge in [-0.1, -0.05) is 6.07 Å². The summed E-state index contributed by atoms with van der Waals surface area (Å²) in [5.74, 6) is -0.144. The van der Waals surface area contributed by atoms with Gasteiger partial charge in [0.05, 0.1) is 17.5 Å². The minimum absolute atomic E-state index is 0.0588. The summed E-state index contributed by atoms with van der Waals surface area (Å²) in [5.41, 5.74) is 0.460. The molecule has 1 fully saturated rings. The summed E-state index contributed by atoms with van der Waals surface area (Å²) in [6, 6.07) is 9.95. The summed E-state index contributed by atoms with van der Waals surface area (Å²) in [6.07, 6.45) is 1.77. The van der Waals surface area contributed by atoms with Crippen molar-refractivity contribution in [2.75, 3.05) is 20.2 Å². The molecule has 1 aromatic heterocycles. The van der Waals surface area contributed by atoms with E-state index < -0.39 is 10.0 Å². The van der Waals surface area contributed by atoms with Crippen LogP contribution in [0.15, 0.2) is 46.7 Å². The third-order valence-corrected chi connectivity index (χ3v) is 6.56. The van der Waals surface area contributed by atoms with Crippen molar-refractivity contribution in [1.82, 2.24) is 9.62 Å². The van der Waals surface area contributed by atoms with Crippen LogP contribution in [0, 0.1) is 0 Å². The Morgan fingerprint density at radius 2 is 2.08 bits per heavy atom. The van der Waals surface area contributed by atoms with Crippen molar-refractivity contribution in [3.63, 3.8) is 0 Å². The van der Waals surface area contributed by atoms with Gasteiger partial charge in [-0.25, -0.2) is 13.1 Å². The fraction of sp³-hybridized carbons (Fsp3) is 0.389. The molecule has 1 aromatic carbocycles. The van der Waals surface area contributed by atoms with E-state index in [9.17, 15) is 13.2 Å². The molecule has 0 saturated carbocycles. The lowest BCUT2D eigenvalue weighted by atomic mass is 10.2. The van der Waals surface area contributed by atoms with E-state index in [1.54, 1.807) is 35.4 Å². The molecule has 2 heterocycles. The van der Waals surface area contributed by atoms with Gasteiger partial charge in [0.1, 0.15) is 0 Å². The quantitative estimate of drug-likeness (QED) is 0.783. The largest absolute Gasteiger partial charge is 0.377 e. The number of rotatable bonds is 7. The topological polar surface area (TPSA) is 75.7 Å². The van der Waals surface area contributed by atoms with E-state index in [2.05, 4.69) is 4.72 Å². The van der Waals surface area contributed by atoms with E-state index in [0.29, 0.717) is 18.7 Å². The van der Waals surface area contributed by atoms with E-state index in [4.69, 9.17) is 4.74 Å². The number of carbonyl (C=O) groups excluding carboxylic acids is 1. The van der Waals surface area contributed by atoms with E-state index >= 15 is 0 Å². The zero-order valence-corrected chi connectivity index (χ0v) is 16.2. The van der Waals surface area contributed by atoms with Gasteiger partial charge in [0.15, 0.2) is 0 Å². The first-order valence-electron chi connectivity index (χ1n) is 8.45. The van der Waals surface area contributed by atoms with Gasteiger partial charge in [0, 0.05) is 30.6 Å². The smallest absolute Gasteiger partial charge is 0.253 e. The Morgan fingerprint density at radius 3 is 2.69 bits per heavy atom. The SMILES string of the molecule is CN(Cc1cccs1)C(=O)c1ccc(S(=O)(=O)NCC2CCCO2)cc1. The highest BCUT2D eigenvalue weighted by atomic mass is 32.2. The molecule has 3 rings (SSSR count). The second kappa shape index (κ2) is 8.30. The highest BCUT2D eigenvalue weighted by Gasteiger charge is 2.21. The molecule has 26 heavy (non-hydrogen) atoms. The first kappa shape index (κ1) is 19.0. The second-order valence-electron chi connectivity index (χ2n) is 6.25. The summed E-state index contributed by atoms with van der Waals surface area (Å²) >= 11 is 1.59. The molecule has 1 unspecified atom stereocenters. The number of hydrogen-bond donors (Lipinski definition) is 1. The first-order chi connectivity index (χ1) is 12.5. The fourth-order valence-electron chi connectivity index (χ4n) is 2.80. The summed E-state index contributed by atoms with van der Waals surface area (Å²) in [4.78, 5) is 15.3. The molecule has 0 aliphatic carbocycles. The van der Waals surface area contributed by atoms with Crippen LogP contribution in [0.25, 0.3) is 0 Å². The van der Waals surface area contributed by atoms with Gasteiger partial charge in [-0.15, -0.1) is 11.3 Å². The van der Waals surface area contributed by atoms with Crippen molar-refractivity contribution >= 4 is 27.3 Å². The van der Waals surface area contributed by atoms with Crippen molar-refractivity contribution in [2.45, 2.75) is 30.4 Å². The molecule has 2 aromatic rings. The lowest BCUT2D eigenvalue weighted by Gasteiger charge is -2.16. The van der Waals surface area contributed by atoms with Crippen molar-refractivity contribution in [3.8, 4) is 0 Å². The van der Waals surface area contributed by atoms with E-state index in [0.717, 1.165) is 17.7 Å². The molecule has 1 aliphatic heterocycles. The van der Waals surface area contributed by atoms with Crippen molar-refractivity contribution in [1.29, 1.82) is 0 Å². The Balaban J connectivity index is 1.62. The molecule has 1 N–H and O–H groups in total. The Morgan fingerprint density at radius 1 is 1.31 bits per heavy atom. The van der Waals surface area contributed by atoms with Gasteiger partial charge in [-0.2, -0.15) is 0 Å². The number of ether oxygens (including phenoxy) is 1. The van der Waals surface area contributed by atoms with Gasteiger partial charge in [-0.3, -0.25) is 4.79 Å². The molecule has 0 radical (unpaired) electrons. The Kier molecular flexibility index (Phi) is 6.08. The maximum Gasteiger partial charge on any atom is 0.253 e. The molecule has 1 saturated heterocycles. The van der Waals surface area contributed by atoms with Crippen LogP contribution in [0.1, 0.15) is 28.1 Å². The number of sulfonamides is 1. The van der Waals surface area contributed by atoms with Crippen LogP contribution in [0.5, 0.6) is 0 Å². The molecule has 8 heteroatoms. The monoisotopic (exact) mass is 394 g/mol. The van der Waals surface area contributed by atoms with Gasteiger partial charge in [0.2, 0.25) is 10.0 Å². The van der Waals surface area contributed by atoms with Gasteiger partial charge in [-0.05, 0) is 48.6 Å². The minimum Gasteiger partial charge on any atom is -0.377 e. The number of carbonyl (C=O) groups is 1. The third kappa shape index (κ3) is 4.70. The summed E-state index contributed by atoms with van der Waals surface area (Å²) in [5, 5.41) is 1.97. The standard InChI is InChI=1S/C18H22N2O4S2/c1-20(13-16-5-3-11-25-16)18(21)14-6-8-17(9-7-14)26(22,23)19-12-15-4-2-10-24-15/h3,5-9,11,15,19H,2,4,10,12-13H2,1H3. The van der Waals surface area contributed by atoms with Crippen LogP contribution in [0.2, 0.25) is 0 Å². The number of nitrogens with one attached hydrogen (secondary N) is 1. The molecular formula is C18H22N2O4S2. The minimum atomic E-state index is -3.60. The predicted molar refractivity (Wildman–Crippen MR) is 101 cm³/mol. The number of thiophene rings is 1. The van der Waals surface area contributed by atoms with E-state index in [1.807, 2.05) is 17.5 Å².